The van der Waals surface area contributed by atoms with E-state index in [9.17, 15) is 26.0 Å². The second kappa shape index (κ2) is 6.95. The molecule has 1 saturated heterocycles. The summed E-state index contributed by atoms with van der Waals surface area (Å²) in [6.07, 6.45) is -4.78. The average Bonchev–Trinajstić information content (AvgIpc) is 2.98. The molecule has 1 aliphatic heterocycles. The van der Waals surface area contributed by atoms with E-state index in [0.717, 1.165) is 10.6 Å². The Bertz CT molecular complexity index is 991. The average molecular weight is 422 g/mol. The molecule has 0 unspecified atom stereocenters. The first-order chi connectivity index (χ1) is 12.9. The van der Waals surface area contributed by atoms with E-state index in [1.807, 2.05) is 0 Å². The van der Waals surface area contributed by atoms with E-state index < -0.39 is 57.7 Å². The number of halogens is 4. The van der Waals surface area contributed by atoms with Gasteiger partial charge in [-0.05, 0) is 13.3 Å². The molecule has 1 aliphatic rings. The predicted molar refractivity (Wildman–Crippen MR) is 92.4 cm³/mol. The Morgan fingerprint density at radius 3 is 2.46 bits per heavy atom. The molecule has 0 amide bonds. The summed E-state index contributed by atoms with van der Waals surface area (Å²) in [4.78, 5) is 14.0. The van der Waals surface area contributed by atoms with Crippen LogP contribution in [0.25, 0.3) is 11.4 Å². The number of nitrogens with two attached hydrogens (primary N) is 1. The topological polar surface area (TPSA) is 118 Å². The quantitative estimate of drug-likeness (QED) is 0.729. The van der Waals surface area contributed by atoms with Gasteiger partial charge in [-0.1, -0.05) is 0 Å². The van der Waals surface area contributed by atoms with Crippen LogP contribution in [0.3, 0.4) is 0 Å². The number of rotatable bonds is 3. The first-order valence-corrected chi connectivity index (χ1v) is 10.1. The van der Waals surface area contributed by atoms with Gasteiger partial charge in [0.05, 0.1) is 11.9 Å². The van der Waals surface area contributed by atoms with E-state index in [0.29, 0.717) is 5.82 Å². The van der Waals surface area contributed by atoms with Crippen molar-refractivity contribution in [2.45, 2.75) is 31.6 Å². The highest BCUT2D eigenvalue weighted by molar-refractivity contribution is 7.88. The van der Waals surface area contributed by atoms with Crippen LogP contribution in [0.5, 0.6) is 0 Å². The van der Waals surface area contributed by atoms with Crippen molar-refractivity contribution in [3.8, 4) is 11.4 Å². The number of imidazole rings is 1. The summed E-state index contributed by atoms with van der Waals surface area (Å²) in [6.45, 7) is 0.879. The van der Waals surface area contributed by atoms with Gasteiger partial charge >= 0.3 is 6.18 Å². The van der Waals surface area contributed by atoms with Crippen LogP contribution in [0.1, 0.15) is 29.4 Å². The maximum atomic E-state index is 14.8. The highest BCUT2D eigenvalue weighted by atomic mass is 32.2. The third-order valence-corrected chi connectivity index (χ3v) is 5.78. The summed E-state index contributed by atoms with van der Waals surface area (Å²) >= 11 is 0. The number of nitrogens with one attached hydrogen (secondary N) is 1. The van der Waals surface area contributed by atoms with Crippen LogP contribution in [0.4, 0.5) is 23.5 Å². The molecule has 1 fully saturated rings. The van der Waals surface area contributed by atoms with E-state index in [1.54, 1.807) is 6.92 Å². The number of piperidine rings is 1. The van der Waals surface area contributed by atoms with E-state index in [-0.39, 0.29) is 18.7 Å². The van der Waals surface area contributed by atoms with Gasteiger partial charge in [-0.2, -0.15) is 17.5 Å². The van der Waals surface area contributed by atoms with Crippen LogP contribution in [0.2, 0.25) is 0 Å². The Labute approximate surface area is 158 Å². The number of nitrogen functional groups attached to an aromatic ring is 1. The van der Waals surface area contributed by atoms with E-state index >= 15 is 0 Å². The smallest absolute Gasteiger partial charge is 0.368 e. The molecule has 8 nitrogen and oxygen atoms in total. The third kappa shape index (κ3) is 3.94. The Kier molecular flexibility index (Phi) is 5.08. The first kappa shape index (κ1) is 20.5. The fourth-order valence-electron chi connectivity index (χ4n) is 3.25. The minimum absolute atomic E-state index is 0.0934. The number of nitrogens with zero attached hydrogens (tertiary/aromatic N) is 4. The van der Waals surface area contributed by atoms with Crippen LogP contribution < -0.4 is 5.73 Å². The standard InChI is InChI=1S/C15H18F4N6O2S/c1-7-21-5-10(22-7)13-11(15(17,18)19)12(23-14(20)24-13)8-3-4-25(6-9(8)16)28(2,26)27/h5,8-9H,3-4,6H2,1-2H3,(H,21,22)(H2,20,23,24)/t8-,9+/m1/s1. The number of sulfonamides is 1. The van der Waals surface area contributed by atoms with Gasteiger partial charge in [0.15, 0.2) is 0 Å². The zero-order valence-corrected chi connectivity index (χ0v) is 15.8. The SMILES string of the molecule is Cc1nc(-c2nc(N)nc([C@@H]3CCN(S(C)(=O)=O)C[C@@H]3F)c2C(F)(F)F)c[nH]1. The summed E-state index contributed by atoms with van der Waals surface area (Å²) in [6, 6.07) is 0. The molecule has 3 N–H and O–H groups in total. The second-order valence-electron chi connectivity index (χ2n) is 6.59. The zero-order chi connectivity index (χ0) is 20.9. The lowest BCUT2D eigenvalue weighted by atomic mass is 9.88. The molecule has 0 radical (unpaired) electrons. The summed E-state index contributed by atoms with van der Waals surface area (Å²) < 4.78 is 80.6. The first-order valence-electron chi connectivity index (χ1n) is 8.24. The van der Waals surface area contributed by atoms with Crippen molar-refractivity contribution in [2.24, 2.45) is 0 Å². The Hall–Kier alpha value is -2.28. The number of aromatic nitrogens is 4. The van der Waals surface area contributed by atoms with Crippen molar-refractivity contribution in [1.82, 2.24) is 24.2 Å². The Morgan fingerprint density at radius 2 is 1.96 bits per heavy atom. The van der Waals surface area contributed by atoms with Gasteiger partial charge in [0.25, 0.3) is 0 Å². The maximum absolute atomic E-state index is 14.8. The number of alkyl halides is 4. The Morgan fingerprint density at radius 1 is 1.29 bits per heavy atom. The van der Waals surface area contributed by atoms with Crippen LogP contribution in [0.15, 0.2) is 6.20 Å². The highest BCUT2D eigenvalue weighted by Gasteiger charge is 2.44. The van der Waals surface area contributed by atoms with Gasteiger partial charge in [0.1, 0.15) is 28.9 Å². The van der Waals surface area contributed by atoms with Crippen LogP contribution in [0, 0.1) is 6.92 Å². The number of aromatic amines is 1. The summed E-state index contributed by atoms with van der Waals surface area (Å²) in [7, 11) is -3.66. The van der Waals surface area contributed by atoms with Crippen molar-refractivity contribution < 1.29 is 26.0 Å². The van der Waals surface area contributed by atoms with E-state index in [1.165, 1.54) is 6.20 Å². The van der Waals surface area contributed by atoms with Gasteiger partial charge < -0.3 is 10.7 Å². The molecule has 2 aromatic rings. The van der Waals surface area contributed by atoms with Crippen molar-refractivity contribution in [3.63, 3.8) is 0 Å². The summed E-state index contributed by atoms with van der Waals surface area (Å²) in [5, 5.41) is 0. The van der Waals surface area contributed by atoms with Crippen LogP contribution >= 0.6 is 0 Å². The molecular weight excluding hydrogens is 404 g/mol. The molecular formula is C15H18F4N6O2S. The summed E-state index contributed by atoms with van der Waals surface area (Å²) in [5.74, 6) is -1.36. The fraction of sp³-hybridized carbons (Fsp3) is 0.533. The second-order valence-corrected chi connectivity index (χ2v) is 8.57. The third-order valence-electron chi connectivity index (χ3n) is 4.51. The van der Waals surface area contributed by atoms with Crippen LogP contribution in [-0.4, -0.2) is 58.2 Å². The number of hydrogen-bond acceptors (Lipinski definition) is 6. The monoisotopic (exact) mass is 422 g/mol. The molecule has 28 heavy (non-hydrogen) atoms. The lowest BCUT2D eigenvalue weighted by Crippen LogP contribution is -2.44. The van der Waals surface area contributed by atoms with E-state index in [2.05, 4.69) is 19.9 Å². The number of hydrogen-bond donors (Lipinski definition) is 2. The molecule has 0 bridgehead atoms. The molecule has 2 aromatic heterocycles. The molecule has 13 heteroatoms. The number of aryl methyl sites for hydroxylation is 1. The fourth-order valence-corrected chi connectivity index (χ4v) is 4.11. The van der Waals surface area contributed by atoms with Gasteiger partial charge in [-0.3, -0.25) is 0 Å². The molecule has 0 aliphatic carbocycles. The molecule has 0 saturated carbocycles. The minimum atomic E-state index is -4.89. The van der Waals surface area contributed by atoms with Gasteiger partial charge in [0.2, 0.25) is 16.0 Å². The van der Waals surface area contributed by atoms with Crippen LogP contribution in [-0.2, 0) is 16.2 Å². The lowest BCUT2D eigenvalue weighted by molar-refractivity contribution is -0.138. The largest absolute Gasteiger partial charge is 0.420 e. The lowest BCUT2D eigenvalue weighted by Gasteiger charge is -2.34. The molecule has 2 atom stereocenters. The van der Waals surface area contributed by atoms with Crippen molar-refractivity contribution >= 4 is 16.0 Å². The normalized spacial score (nSPS) is 21.8. The maximum Gasteiger partial charge on any atom is 0.420 e. The zero-order valence-electron chi connectivity index (χ0n) is 15.0. The highest BCUT2D eigenvalue weighted by Crippen LogP contribution is 2.43. The number of anilines is 1. The molecule has 154 valence electrons. The van der Waals surface area contributed by atoms with Gasteiger partial charge in [-0.15, -0.1) is 0 Å². The molecule has 3 rings (SSSR count). The molecule has 3 heterocycles. The van der Waals surface area contributed by atoms with E-state index in [4.69, 9.17) is 5.73 Å². The van der Waals surface area contributed by atoms with Gasteiger partial charge in [0, 0.05) is 25.2 Å². The Balaban J connectivity index is 2.12. The van der Waals surface area contributed by atoms with Gasteiger partial charge in [-0.25, -0.2) is 27.8 Å². The minimum Gasteiger partial charge on any atom is -0.368 e. The van der Waals surface area contributed by atoms with Crippen molar-refractivity contribution in [2.75, 3.05) is 25.1 Å². The van der Waals surface area contributed by atoms with Crippen molar-refractivity contribution in [1.29, 1.82) is 0 Å². The predicted octanol–water partition coefficient (Wildman–Crippen LogP) is 1.86. The molecule has 0 aromatic carbocycles. The number of H-pyrrole nitrogens is 1. The molecule has 0 spiro atoms. The van der Waals surface area contributed by atoms with Crippen molar-refractivity contribution in [3.05, 3.63) is 23.3 Å². The summed E-state index contributed by atoms with van der Waals surface area (Å²) in [5.41, 5.74) is 3.17.